The van der Waals surface area contributed by atoms with Crippen LogP contribution in [0.15, 0.2) is 0 Å². The predicted octanol–water partition coefficient (Wildman–Crippen LogP) is 1.56. The molecule has 0 aromatic rings. The first-order chi connectivity index (χ1) is 8.36. The van der Waals surface area contributed by atoms with Crippen LogP contribution in [0.3, 0.4) is 0 Å². The zero-order chi connectivity index (χ0) is 13.4. The Balaban J connectivity index is 2.27. The minimum Gasteiger partial charge on any atom is -0.480 e. The van der Waals surface area contributed by atoms with Crippen LogP contribution in [0.5, 0.6) is 0 Å². The second-order valence-corrected chi connectivity index (χ2v) is 6.93. The van der Waals surface area contributed by atoms with Crippen molar-refractivity contribution in [2.45, 2.75) is 45.6 Å². The van der Waals surface area contributed by atoms with Gasteiger partial charge in [0.1, 0.15) is 5.54 Å². The van der Waals surface area contributed by atoms with Gasteiger partial charge in [-0.25, -0.2) is 0 Å². The summed E-state index contributed by atoms with van der Waals surface area (Å²) in [5.74, 6) is -0.135. The van der Waals surface area contributed by atoms with Crippen molar-refractivity contribution in [3.8, 4) is 0 Å². The van der Waals surface area contributed by atoms with Gasteiger partial charge in [-0.15, -0.1) is 0 Å². The molecule has 0 aromatic carbocycles. The Labute approximate surface area is 110 Å². The highest BCUT2D eigenvalue weighted by Gasteiger charge is 2.51. The van der Waals surface area contributed by atoms with Crippen molar-refractivity contribution in [3.63, 3.8) is 0 Å². The first-order valence-electron chi connectivity index (χ1n) is 7.05. The number of carboxylic acid groups (broad SMARTS) is 1. The van der Waals surface area contributed by atoms with E-state index in [4.69, 9.17) is 0 Å². The quantitative estimate of drug-likeness (QED) is 0.785. The highest BCUT2D eigenvalue weighted by atomic mass is 16.4. The van der Waals surface area contributed by atoms with Gasteiger partial charge in [0.15, 0.2) is 0 Å². The average molecular weight is 254 g/mol. The molecule has 104 valence electrons. The molecule has 1 aliphatic carbocycles. The highest BCUT2D eigenvalue weighted by molar-refractivity contribution is 5.79. The Morgan fingerprint density at radius 1 is 1.28 bits per heavy atom. The van der Waals surface area contributed by atoms with Gasteiger partial charge < -0.3 is 10.4 Å². The lowest BCUT2D eigenvalue weighted by atomic mass is 9.63. The Kier molecular flexibility index (Phi) is 3.70. The van der Waals surface area contributed by atoms with E-state index in [9.17, 15) is 9.90 Å². The van der Waals surface area contributed by atoms with E-state index >= 15 is 0 Å². The van der Waals surface area contributed by atoms with Crippen LogP contribution in [0.4, 0.5) is 0 Å². The topological polar surface area (TPSA) is 52.6 Å². The molecule has 1 saturated heterocycles. The molecule has 1 heterocycles. The van der Waals surface area contributed by atoms with E-state index in [2.05, 4.69) is 31.0 Å². The molecule has 0 amide bonds. The smallest absolute Gasteiger partial charge is 0.324 e. The maximum absolute atomic E-state index is 11.9. The van der Waals surface area contributed by atoms with Crippen molar-refractivity contribution in [1.82, 2.24) is 10.2 Å². The summed E-state index contributed by atoms with van der Waals surface area (Å²) in [5.41, 5.74) is -0.510. The van der Waals surface area contributed by atoms with Crippen LogP contribution in [-0.2, 0) is 4.79 Å². The largest absolute Gasteiger partial charge is 0.480 e. The average Bonchev–Trinajstić information content (AvgIpc) is 2.27. The number of carbonyl (C=O) groups is 1. The second-order valence-electron chi connectivity index (χ2n) is 6.93. The molecule has 0 radical (unpaired) electrons. The number of nitrogens with zero attached hydrogens (tertiary/aromatic N) is 1. The second kappa shape index (κ2) is 4.82. The Morgan fingerprint density at radius 2 is 1.89 bits per heavy atom. The van der Waals surface area contributed by atoms with Gasteiger partial charge in [0.2, 0.25) is 0 Å². The van der Waals surface area contributed by atoms with E-state index in [1.165, 1.54) is 0 Å². The zero-order valence-electron chi connectivity index (χ0n) is 11.8. The SMILES string of the molecule is CC1CC(C)(C)CC(C(=O)O)(N2CCNCC2)C1. The van der Waals surface area contributed by atoms with E-state index in [1.54, 1.807) is 0 Å². The summed E-state index contributed by atoms with van der Waals surface area (Å²) in [7, 11) is 0. The molecule has 2 aliphatic rings. The van der Waals surface area contributed by atoms with Crippen LogP contribution in [0.25, 0.3) is 0 Å². The van der Waals surface area contributed by atoms with Crippen LogP contribution in [0.2, 0.25) is 0 Å². The number of hydrogen-bond acceptors (Lipinski definition) is 3. The van der Waals surface area contributed by atoms with E-state index in [0.717, 1.165) is 45.4 Å². The predicted molar refractivity (Wildman–Crippen MR) is 71.6 cm³/mol. The van der Waals surface area contributed by atoms with Crippen LogP contribution < -0.4 is 5.32 Å². The number of piperazine rings is 1. The molecule has 1 aliphatic heterocycles. The van der Waals surface area contributed by atoms with E-state index in [-0.39, 0.29) is 5.41 Å². The Morgan fingerprint density at radius 3 is 2.39 bits per heavy atom. The molecular weight excluding hydrogens is 228 g/mol. The normalized spacial score (nSPS) is 37.4. The van der Waals surface area contributed by atoms with Gasteiger partial charge in [0, 0.05) is 26.2 Å². The summed E-state index contributed by atoms with van der Waals surface area (Å²) < 4.78 is 0. The van der Waals surface area contributed by atoms with Crippen molar-refractivity contribution in [1.29, 1.82) is 0 Å². The fourth-order valence-corrected chi connectivity index (χ4v) is 4.16. The van der Waals surface area contributed by atoms with Crippen LogP contribution in [0.1, 0.15) is 40.0 Å². The van der Waals surface area contributed by atoms with Crippen molar-refractivity contribution in [2.75, 3.05) is 26.2 Å². The minimum atomic E-state index is -0.636. The molecular formula is C14H26N2O2. The van der Waals surface area contributed by atoms with Gasteiger partial charge in [0.05, 0.1) is 0 Å². The van der Waals surface area contributed by atoms with Crippen molar-refractivity contribution in [2.24, 2.45) is 11.3 Å². The van der Waals surface area contributed by atoms with E-state index < -0.39 is 11.5 Å². The van der Waals surface area contributed by atoms with Crippen molar-refractivity contribution in [3.05, 3.63) is 0 Å². The third-order valence-electron chi connectivity index (χ3n) is 4.48. The molecule has 0 spiro atoms. The summed E-state index contributed by atoms with van der Waals surface area (Å²) in [6, 6.07) is 0. The Hall–Kier alpha value is -0.610. The number of aliphatic carboxylic acids is 1. The zero-order valence-corrected chi connectivity index (χ0v) is 11.8. The number of hydrogen-bond donors (Lipinski definition) is 2. The Bertz CT molecular complexity index is 324. The summed E-state index contributed by atoms with van der Waals surface area (Å²) >= 11 is 0. The molecule has 0 bridgehead atoms. The lowest BCUT2D eigenvalue weighted by Gasteiger charge is -2.51. The minimum absolute atomic E-state index is 0.126. The first kappa shape index (κ1) is 13.8. The van der Waals surface area contributed by atoms with Gasteiger partial charge in [-0.1, -0.05) is 20.8 Å². The molecule has 2 rings (SSSR count). The van der Waals surface area contributed by atoms with Gasteiger partial charge in [0.25, 0.3) is 0 Å². The van der Waals surface area contributed by atoms with Crippen molar-refractivity contribution >= 4 is 5.97 Å². The molecule has 2 fully saturated rings. The number of rotatable bonds is 2. The third-order valence-corrected chi connectivity index (χ3v) is 4.48. The van der Waals surface area contributed by atoms with E-state index in [1.807, 2.05) is 0 Å². The molecule has 1 saturated carbocycles. The lowest BCUT2D eigenvalue weighted by molar-refractivity contribution is -0.160. The lowest BCUT2D eigenvalue weighted by Crippen LogP contribution is -2.63. The van der Waals surface area contributed by atoms with Gasteiger partial charge in [-0.3, -0.25) is 9.69 Å². The maximum atomic E-state index is 11.9. The van der Waals surface area contributed by atoms with Crippen molar-refractivity contribution < 1.29 is 9.90 Å². The standard InChI is InChI=1S/C14H26N2O2/c1-11-8-13(2,3)10-14(9-11,12(17)18)16-6-4-15-5-7-16/h11,15H,4-10H2,1-3H3,(H,17,18). The van der Waals surface area contributed by atoms with Crippen LogP contribution >= 0.6 is 0 Å². The summed E-state index contributed by atoms with van der Waals surface area (Å²) in [6.45, 7) is 10.1. The maximum Gasteiger partial charge on any atom is 0.324 e. The van der Waals surface area contributed by atoms with E-state index in [0.29, 0.717) is 5.92 Å². The van der Waals surface area contributed by atoms with Gasteiger partial charge in [-0.2, -0.15) is 0 Å². The fraction of sp³-hybridized carbons (Fsp3) is 0.929. The summed E-state index contributed by atoms with van der Waals surface area (Å²) in [5, 5.41) is 13.1. The molecule has 18 heavy (non-hydrogen) atoms. The molecule has 2 N–H and O–H groups in total. The molecule has 0 aromatic heterocycles. The van der Waals surface area contributed by atoms with Crippen LogP contribution in [-0.4, -0.2) is 47.7 Å². The number of carboxylic acids is 1. The van der Waals surface area contributed by atoms with Gasteiger partial charge in [-0.05, 0) is 30.6 Å². The molecule has 2 unspecified atom stereocenters. The number of nitrogens with one attached hydrogen (secondary N) is 1. The summed E-state index contributed by atoms with van der Waals surface area (Å²) in [4.78, 5) is 14.2. The monoisotopic (exact) mass is 254 g/mol. The first-order valence-corrected chi connectivity index (χ1v) is 7.05. The van der Waals surface area contributed by atoms with Crippen LogP contribution in [0, 0.1) is 11.3 Å². The fourth-order valence-electron chi connectivity index (χ4n) is 4.16. The van der Waals surface area contributed by atoms with Gasteiger partial charge >= 0.3 is 5.97 Å². The highest BCUT2D eigenvalue weighted by Crippen LogP contribution is 2.46. The molecule has 4 nitrogen and oxygen atoms in total. The summed E-state index contributed by atoms with van der Waals surface area (Å²) in [6.07, 6.45) is 2.71. The molecule has 4 heteroatoms. The molecule has 2 atom stereocenters. The third kappa shape index (κ3) is 2.54.